The fourth-order valence-electron chi connectivity index (χ4n) is 1.79. The monoisotopic (exact) mass is 313 g/mol. The van der Waals surface area contributed by atoms with E-state index in [1.165, 1.54) is 28.8 Å². The second kappa shape index (κ2) is 8.67. The predicted molar refractivity (Wildman–Crippen MR) is 80.8 cm³/mol. The summed E-state index contributed by atoms with van der Waals surface area (Å²) in [6, 6.07) is 5.98. The first-order valence-electron chi connectivity index (χ1n) is 6.83. The smallest absolute Gasteiger partial charge is 0.323 e. The number of carboxylic acids is 1. The average Bonchev–Trinajstić information content (AvgIpc) is 2.45. The van der Waals surface area contributed by atoms with E-state index >= 15 is 0 Å². The van der Waals surface area contributed by atoms with Crippen LogP contribution in [-0.2, 0) is 9.59 Å². The molecule has 0 spiro atoms. The van der Waals surface area contributed by atoms with E-state index in [0.717, 1.165) is 4.90 Å². The topological polar surface area (TPSA) is 57.6 Å². The largest absolute Gasteiger partial charge is 0.480 e. The third-order valence-electron chi connectivity index (χ3n) is 3.15. The molecule has 1 unspecified atom stereocenters. The highest BCUT2D eigenvalue weighted by atomic mass is 32.2. The molecule has 0 aliphatic carbocycles. The Hall–Kier alpha value is -1.56. The van der Waals surface area contributed by atoms with Crippen LogP contribution in [-0.4, -0.2) is 40.2 Å². The van der Waals surface area contributed by atoms with Gasteiger partial charge in [-0.1, -0.05) is 6.92 Å². The molecule has 1 N–H and O–H groups in total. The molecule has 0 aliphatic heterocycles. The van der Waals surface area contributed by atoms with Crippen molar-refractivity contribution in [3.63, 3.8) is 0 Å². The standard InChI is InChI=1S/C15H20FNO3S/c1-3-11(2)17(10-15(19)20)14(18)8-9-21-13-6-4-12(16)5-7-13/h4-7,11H,3,8-10H2,1-2H3,(H,19,20). The molecule has 1 rings (SSSR count). The van der Waals surface area contributed by atoms with Crippen molar-refractivity contribution in [2.75, 3.05) is 12.3 Å². The normalized spacial score (nSPS) is 12.0. The number of nitrogens with zero attached hydrogens (tertiary/aromatic N) is 1. The van der Waals surface area contributed by atoms with Crippen LogP contribution in [0.1, 0.15) is 26.7 Å². The van der Waals surface area contributed by atoms with Gasteiger partial charge in [-0.3, -0.25) is 9.59 Å². The summed E-state index contributed by atoms with van der Waals surface area (Å²) in [6.45, 7) is 3.49. The summed E-state index contributed by atoms with van der Waals surface area (Å²) in [7, 11) is 0. The summed E-state index contributed by atoms with van der Waals surface area (Å²) in [5.74, 6) is -0.923. The highest BCUT2D eigenvalue weighted by molar-refractivity contribution is 7.99. The van der Waals surface area contributed by atoms with E-state index in [4.69, 9.17) is 5.11 Å². The fourth-order valence-corrected chi connectivity index (χ4v) is 2.63. The molecule has 0 saturated carbocycles. The van der Waals surface area contributed by atoms with Crippen LogP contribution in [0, 0.1) is 5.82 Å². The van der Waals surface area contributed by atoms with E-state index in [2.05, 4.69) is 0 Å². The predicted octanol–water partition coefficient (Wildman–Crippen LogP) is 3.02. The van der Waals surface area contributed by atoms with Gasteiger partial charge in [-0.25, -0.2) is 4.39 Å². The maximum atomic E-state index is 12.8. The Morgan fingerprint density at radius 2 is 1.95 bits per heavy atom. The fraction of sp³-hybridized carbons (Fsp3) is 0.467. The second-order valence-corrected chi connectivity index (χ2v) is 5.89. The number of aliphatic carboxylic acids is 1. The van der Waals surface area contributed by atoms with Crippen molar-refractivity contribution in [1.82, 2.24) is 4.90 Å². The molecule has 116 valence electrons. The molecule has 0 fully saturated rings. The number of carboxylic acid groups (broad SMARTS) is 1. The Morgan fingerprint density at radius 1 is 1.33 bits per heavy atom. The summed E-state index contributed by atoms with van der Waals surface area (Å²) in [5.41, 5.74) is 0. The van der Waals surface area contributed by atoms with Crippen molar-refractivity contribution in [2.24, 2.45) is 0 Å². The Kier molecular flexibility index (Phi) is 7.22. The van der Waals surface area contributed by atoms with Gasteiger partial charge in [0.15, 0.2) is 0 Å². The molecule has 0 heterocycles. The Morgan fingerprint density at radius 3 is 2.48 bits per heavy atom. The molecule has 6 heteroatoms. The third kappa shape index (κ3) is 6.16. The third-order valence-corrected chi connectivity index (χ3v) is 4.16. The van der Waals surface area contributed by atoms with Crippen molar-refractivity contribution in [1.29, 1.82) is 0 Å². The van der Waals surface area contributed by atoms with Gasteiger partial charge in [0.05, 0.1) is 0 Å². The van der Waals surface area contributed by atoms with Gasteiger partial charge in [0.25, 0.3) is 0 Å². The van der Waals surface area contributed by atoms with Crippen LogP contribution in [0.2, 0.25) is 0 Å². The first-order valence-corrected chi connectivity index (χ1v) is 7.82. The number of carbonyl (C=O) groups excluding carboxylic acids is 1. The molecule has 21 heavy (non-hydrogen) atoms. The lowest BCUT2D eigenvalue weighted by Gasteiger charge is -2.26. The minimum Gasteiger partial charge on any atom is -0.480 e. The molecule has 0 saturated heterocycles. The lowest BCUT2D eigenvalue weighted by Crippen LogP contribution is -2.41. The molecular weight excluding hydrogens is 293 g/mol. The zero-order valence-electron chi connectivity index (χ0n) is 12.2. The van der Waals surface area contributed by atoms with Crippen LogP contribution in [0.4, 0.5) is 4.39 Å². The van der Waals surface area contributed by atoms with Gasteiger partial charge in [-0.15, -0.1) is 11.8 Å². The summed E-state index contributed by atoms with van der Waals surface area (Å²) >= 11 is 1.45. The minimum atomic E-state index is -1.00. The van der Waals surface area contributed by atoms with Gasteiger partial charge in [-0.2, -0.15) is 0 Å². The number of benzene rings is 1. The van der Waals surface area contributed by atoms with Gasteiger partial charge >= 0.3 is 5.97 Å². The Labute approximate surface area is 128 Å². The summed E-state index contributed by atoms with van der Waals surface area (Å²) in [5, 5.41) is 8.87. The van der Waals surface area contributed by atoms with Crippen LogP contribution in [0.15, 0.2) is 29.2 Å². The quantitative estimate of drug-likeness (QED) is 0.750. The first kappa shape index (κ1) is 17.5. The van der Waals surface area contributed by atoms with E-state index in [9.17, 15) is 14.0 Å². The van der Waals surface area contributed by atoms with Crippen molar-refractivity contribution in [3.05, 3.63) is 30.1 Å². The van der Waals surface area contributed by atoms with Gasteiger partial charge in [0.2, 0.25) is 5.91 Å². The zero-order valence-corrected chi connectivity index (χ0v) is 13.0. The highest BCUT2D eigenvalue weighted by Crippen LogP contribution is 2.19. The van der Waals surface area contributed by atoms with Crippen LogP contribution in [0.5, 0.6) is 0 Å². The lowest BCUT2D eigenvalue weighted by molar-refractivity contribution is -0.145. The van der Waals surface area contributed by atoms with E-state index in [0.29, 0.717) is 12.2 Å². The molecule has 0 aliphatic rings. The maximum Gasteiger partial charge on any atom is 0.323 e. The number of thioether (sulfide) groups is 1. The van der Waals surface area contributed by atoms with Gasteiger partial charge in [0.1, 0.15) is 12.4 Å². The summed E-state index contributed by atoms with van der Waals surface area (Å²) < 4.78 is 12.8. The number of amides is 1. The highest BCUT2D eigenvalue weighted by Gasteiger charge is 2.21. The average molecular weight is 313 g/mol. The van der Waals surface area contributed by atoms with Crippen molar-refractivity contribution >= 4 is 23.6 Å². The van der Waals surface area contributed by atoms with Gasteiger partial charge in [-0.05, 0) is 37.6 Å². The number of halogens is 1. The number of rotatable bonds is 8. The first-order chi connectivity index (χ1) is 9.93. The number of hydrogen-bond donors (Lipinski definition) is 1. The summed E-state index contributed by atoms with van der Waals surface area (Å²) in [4.78, 5) is 25.2. The minimum absolute atomic E-state index is 0.0931. The van der Waals surface area contributed by atoms with Crippen LogP contribution < -0.4 is 0 Å². The molecule has 1 aromatic carbocycles. The molecule has 0 aromatic heterocycles. The zero-order chi connectivity index (χ0) is 15.8. The molecule has 4 nitrogen and oxygen atoms in total. The molecule has 1 amide bonds. The van der Waals surface area contributed by atoms with Crippen LogP contribution >= 0.6 is 11.8 Å². The summed E-state index contributed by atoms with van der Waals surface area (Å²) in [6.07, 6.45) is 0.976. The van der Waals surface area contributed by atoms with Crippen molar-refractivity contribution in [2.45, 2.75) is 37.6 Å². The molecule has 0 radical (unpaired) electrons. The van der Waals surface area contributed by atoms with E-state index in [1.807, 2.05) is 13.8 Å². The SMILES string of the molecule is CCC(C)N(CC(=O)O)C(=O)CCSc1ccc(F)cc1. The number of carbonyl (C=O) groups is 2. The molecule has 0 bridgehead atoms. The van der Waals surface area contributed by atoms with Gasteiger partial charge in [0, 0.05) is 23.1 Å². The van der Waals surface area contributed by atoms with E-state index in [-0.39, 0.29) is 30.7 Å². The van der Waals surface area contributed by atoms with Crippen molar-refractivity contribution in [3.8, 4) is 0 Å². The van der Waals surface area contributed by atoms with Gasteiger partial charge < -0.3 is 10.0 Å². The number of hydrogen-bond acceptors (Lipinski definition) is 3. The van der Waals surface area contributed by atoms with E-state index in [1.54, 1.807) is 12.1 Å². The second-order valence-electron chi connectivity index (χ2n) is 4.73. The Balaban J connectivity index is 2.49. The van der Waals surface area contributed by atoms with Crippen LogP contribution in [0.3, 0.4) is 0 Å². The lowest BCUT2D eigenvalue weighted by atomic mass is 10.2. The molecular formula is C15H20FNO3S. The Bertz CT molecular complexity index is 478. The molecule has 1 atom stereocenters. The van der Waals surface area contributed by atoms with E-state index < -0.39 is 5.97 Å². The van der Waals surface area contributed by atoms with Crippen molar-refractivity contribution < 1.29 is 19.1 Å². The maximum absolute atomic E-state index is 12.8. The molecule has 1 aromatic rings. The van der Waals surface area contributed by atoms with Crippen LogP contribution in [0.25, 0.3) is 0 Å².